The molecule has 0 aliphatic rings. The summed E-state index contributed by atoms with van der Waals surface area (Å²) in [6.07, 6.45) is -4.67. The lowest BCUT2D eigenvalue weighted by Crippen LogP contribution is -2.37. The molecular weight excluding hydrogens is 441 g/mol. The number of likely N-dealkylation sites (N-methyl/N-ethyl adjacent to an activating group) is 1. The largest absolute Gasteiger partial charge is 0.484 e. The van der Waals surface area contributed by atoms with E-state index in [2.05, 4.69) is 10.1 Å². The highest BCUT2D eigenvalue weighted by atomic mass is 35.5. The van der Waals surface area contributed by atoms with Crippen LogP contribution in [0.1, 0.15) is 15.9 Å². The van der Waals surface area contributed by atoms with Crippen molar-refractivity contribution in [1.29, 1.82) is 0 Å². The average molecular weight is 459 g/mol. The molecule has 0 fully saturated rings. The Morgan fingerprint density at radius 1 is 1.10 bits per heavy atom. The smallest absolute Gasteiger partial charge is 0.417 e. The number of esters is 1. The van der Waals surface area contributed by atoms with Crippen LogP contribution in [0, 0.1) is 0 Å². The molecule has 0 saturated heterocycles. The number of carbonyl (C=O) groups excluding carboxylic acids is 3. The number of ether oxygens (including phenoxy) is 2. The standard InChI is InChI=1S/C20H18ClF3N2O5/c1-26(18(28)11-31-14-6-3-12(4-7-14)19(29)30-2)10-17(27)25-13-5-8-16(21)15(9-13)20(22,23)24/h3-9H,10-11H2,1-2H3,(H,25,27). The van der Waals surface area contributed by atoms with Gasteiger partial charge in [-0.2, -0.15) is 13.2 Å². The molecule has 2 rings (SSSR count). The van der Waals surface area contributed by atoms with Crippen molar-refractivity contribution in [2.24, 2.45) is 0 Å². The second-order valence-electron chi connectivity index (χ2n) is 6.29. The van der Waals surface area contributed by atoms with Crippen LogP contribution in [-0.4, -0.2) is 50.0 Å². The molecule has 0 atom stereocenters. The van der Waals surface area contributed by atoms with E-state index in [1.807, 2.05) is 0 Å². The molecule has 0 unspecified atom stereocenters. The Hall–Kier alpha value is -3.27. The summed E-state index contributed by atoms with van der Waals surface area (Å²) in [4.78, 5) is 36.6. The second kappa shape index (κ2) is 10.2. The van der Waals surface area contributed by atoms with Crippen LogP contribution in [0.3, 0.4) is 0 Å². The summed E-state index contributed by atoms with van der Waals surface area (Å²) < 4.78 is 48.6. The van der Waals surface area contributed by atoms with Gasteiger partial charge in [0.05, 0.1) is 29.8 Å². The molecule has 2 amide bonds. The summed E-state index contributed by atoms with van der Waals surface area (Å²) in [6.45, 7) is -0.798. The number of alkyl halides is 3. The quantitative estimate of drug-likeness (QED) is 0.641. The summed E-state index contributed by atoms with van der Waals surface area (Å²) in [7, 11) is 2.59. The topological polar surface area (TPSA) is 84.9 Å². The fraction of sp³-hybridized carbons (Fsp3) is 0.250. The first-order valence-electron chi connectivity index (χ1n) is 8.73. The number of nitrogens with one attached hydrogen (secondary N) is 1. The zero-order chi connectivity index (χ0) is 23.2. The normalized spacial score (nSPS) is 10.9. The molecule has 0 saturated carbocycles. The van der Waals surface area contributed by atoms with Gasteiger partial charge in [-0.05, 0) is 42.5 Å². The van der Waals surface area contributed by atoms with Crippen molar-refractivity contribution in [3.63, 3.8) is 0 Å². The lowest BCUT2D eigenvalue weighted by molar-refractivity contribution is -0.137. The van der Waals surface area contributed by atoms with Gasteiger partial charge in [0, 0.05) is 12.7 Å². The lowest BCUT2D eigenvalue weighted by atomic mass is 10.2. The van der Waals surface area contributed by atoms with Gasteiger partial charge >= 0.3 is 12.1 Å². The SMILES string of the molecule is COC(=O)c1ccc(OCC(=O)N(C)CC(=O)Nc2ccc(Cl)c(C(F)(F)F)c2)cc1. The lowest BCUT2D eigenvalue weighted by Gasteiger charge is -2.18. The first-order chi connectivity index (χ1) is 14.5. The molecule has 0 bridgehead atoms. The first-order valence-corrected chi connectivity index (χ1v) is 9.10. The second-order valence-corrected chi connectivity index (χ2v) is 6.70. The molecule has 0 aliphatic heterocycles. The van der Waals surface area contributed by atoms with Crippen molar-refractivity contribution in [1.82, 2.24) is 4.90 Å². The van der Waals surface area contributed by atoms with Crippen LogP contribution in [0.15, 0.2) is 42.5 Å². The molecule has 166 valence electrons. The summed E-state index contributed by atoms with van der Waals surface area (Å²) in [5.41, 5.74) is -0.876. The number of carbonyl (C=O) groups is 3. The molecule has 2 aromatic carbocycles. The third-order valence-corrected chi connectivity index (χ3v) is 4.33. The number of hydrogen-bond donors (Lipinski definition) is 1. The molecule has 0 spiro atoms. The van der Waals surface area contributed by atoms with Gasteiger partial charge in [-0.1, -0.05) is 11.6 Å². The molecule has 31 heavy (non-hydrogen) atoms. The van der Waals surface area contributed by atoms with Crippen LogP contribution < -0.4 is 10.1 Å². The van der Waals surface area contributed by atoms with E-state index in [1.165, 1.54) is 44.5 Å². The van der Waals surface area contributed by atoms with Crippen molar-refractivity contribution < 1.29 is 37.0 Å². The number of hydrogen-bond acceptors (Lipinski definition) is 5. The van der Waals surface area contributed by atoms with E-state index in [4.69, 9.17) is 16.3 Å². The van der Waals surface area contributed by atoms with Gasteiger partial charge in [-0.15, -0.1) is 0 Å². The summed E-state index contributed by atoms with van der Waals surface area (Å²) >= 11 is 5.54. The summed E-state index contributed by atoms with van der Waals surface area (Å²) in [5.74, 6) is -1.44. The number of rotatable bonds is 7. The predicted octanol–water partition coefficient (Wildman–Crippen LogP) is 3.62. The number of nitrogens with zero attached hydrogens (tertiary/aromatic N) is 1. The Morgan fingerprint density at radius 3 is 2.32 bits per heavy atom. The van der Waals surface area contributed by atoms with Crippen molar-refractivity contribution in [3.8, 4) is 5.75 Å². The van der Waals surface area contributed by atoms with Crippen LogP contribution >= 0.6 is 11.6 Å². The Bertz CT molecular complexity index is 964. The Kier molecular flexibility index (Phi) is 7.87. The first kappa shape index (κ1) is 24.0. The van der Waals surface area contributed by atoms with Crippen molar-refractivity contribution in [2.75, 3.05) is 32.6 Å². The number of amides is 2. The predicted molar refractivity (Wildman–Crippen MR) is 106 cm³/mol. The van der Waals surface area contributed by atoms with Crippen molar-refractivity contribution >= 4 is 35.1 Å². The Morgan fingerprint density at radius 2 is 1.74 bits per heavy atom. The maximum Gasteiger partial charge on any atom is 0.417 e. The monoisotopic (exact) mass is 458 g/mol. The summed E-state index contributed by atoms with van der Waals surface area (Å²) in [6, 6.07) is 8.83. The van der Waals surface area contributed by atoms with Crippen molar-refractivity contribution in [2.45, 2.75) is 6.18 Å². The van der Waals surface area contributed by atoms with E-state index in [0.29, 0.717) is 17.4 Å². The number of halogens is 4. The highest BCUT2D eigenvalue weighted by molar-refractivity contribution is 6.31. The minimum absolute atomic E-state index is 0.107. The third-order valence-electron chi connectivity index (χ3n) is 4.00. The zero-order valence-electron chi connectivity index (χ0n) is 16.5. The average Bonchev–Trinajstić information content (AvgIpc) is 2.72. The van der Waals surface area contributed by atoms with Gasteiger partial charge in [-0.25, -0.2) is 4.79 Å². The minimum atomic E-state index is -4.67. The third kappa shape index (κ3) is 6.88. The van der Waals surface area contributed by atoms with Crippen LogP contribution in [0.2, 0.25) is 5.02 Å². The Balaban J connectivity index is 1.88. The molecular formula is C20H18ClF3N2O5. The fourth-order valence-corrected chi connectivity index (χ4v) is 2.61. The number of anilines is 1. The molecule has 0 heterocycles. The van der Waals surface area contributed by atoms with E-state index in [1.54, 1.807) is 0 Å². The highest BCUT2D eigenvalue weighted by Crippen LogP contribution is 2.36. The van der Waals surface area contributed by atoms with Gasteiger partial charge in [0.2, 0.25) is 5.91 Å². The van der Waals surface area contributed by atoms with Gasteiger partial charge < -0.3 is 19.7 Å². The van der Waals surface area contributed by atoms with E-state index in [-0.39, 0.29) is 12.3 Å². The van der Waals surface area contributed by atoms with Crippen molar-refractivity contribution in [3.05, 3.63) is 58.6 Å². The van der Waals surface area contributed by atoms with E-state index in [0.717, 1.165) is 11.0 Å². The summed E-state index contributed by atoms with van der Waals surface area (Å²) in [5, 5.41) is 1.80. The van der Waals surface area contributed by atoms with Crippen LogP contribution in [0.25, 0.3) is 0 Å². The van der Waals surface area contributed by atoms with Gasteiger partial charge in [-0.3, -0.25) is 9.59 Å². The van der Waals surface area contributed by atoms with E-state index in [9.17, 15) is 27.6 Å². The molecule has 7 nitrogen and oxygen atoms in total. The zero-order valence-corrected chi connectivity index (χ0v) is 17.2. The van der Waals surface area contributed by atoms with E-state index < -0.39 is 41.1 Å². The molecule has 0 aromatic heterocycles. The van der Waals surface area contributed by atoms with Crippen LogP contribution in [0.4, 0.5) is 18.9 Å². The maximum absolute atomic E-state index is 12.9. The minimum Gasteiger partial charge on any atom is -0.484 e. The Labute approximate surface area is 180 Å². The van der Waals surface area contributed by atoms with Gasteiger partial charge in [0.15, 0.2) is 6.61 Å². The highest BCUT2D eigenvalue weighted by Gasteiger charge is 2.33. The van der Waals surface area contributed by atoms with Crippen LogP contribution in [0.5, 0.6) is 5.75 Å². The molecule has 0 radical (unpaired) electrons. The fourth-order valence-electron chi connectivity index (χ4n) is 2.38. The number of benzene rings is 2. The molecule has 0 aliphatic carbocycles. The maximum atomic E-state index is 12.9. The molecule has 1 N–H and O–H groups in total. The molecule has 2 aromatic rings. The molecule has 11 heteroatoms. The number of methoxy groups -OCH3 is 1. The van der Waals surface area contributed by atoms with E-state index >= 15 is 0 Å². The van der Waals surface area contributed by atoms with Gasteiger partial charge in [0.1, 0.15) is 5.75 Å². The van der Waals surface area contributed by atoms with Gasteiger partial charge in [0.25, 0.3) is 5.91 Å². The van der Waals surface area contributed by atoms with Crippen LogP contribution in [-0.2, 0) is 20.5 Å².